The molecule has 12 heteroatoms. The Labute approximate surface area is 275 Å². The summed E-state index contributed by atoms with van der Waals surface area (Å²) in [5, 5.41) is 9.45. The van der Waals surface area contributed by atoms with Gasteiger partial charge in [0.15, 0.2) is 10.6 Å². The van der Waals surface area contributed by atoms with Crippen LogP contribution in [-0.4, -0.2) is 38.3 Å². The molecular formula is C35H37F3N6O2S. The van der Waals surface area contributed by atoms with Crippen molar-refractivity contribution < 1.29 is 22.7 Å². The highest BCUT2D eigenvalue weighted by molar-refractivity contribution is 7.07. The lowest BCUT2D eigenvalue weighted by Gasteiger charge is -2.13. The maximum absolute atomic E-state index is 12.8. The molecule has 1 unspecified atom stereocenters. The van der Waals surface area contributed by atoms with Crippen LogP contribution < -0.4 is 14.9 Å². The maximum atomic E-state index is 12.8. The first-order valence-corrected chi connectivity index (χ1v) is 16.3. The molecule has 0 saturated heterocycles. The van der Waals surface area contributed by atoms with Gasteiger partial charge < -0.3 is 10.1 Å². The minimum absolute atomic E-state index is 0.301. The number of hydrogen-bond acceptors (Lipinski definition) is 5. The third-order valence-electron chi connectivity index (χ3n) is 7.61. The van der Waals surface area contributed by atoms with Crippen molar-refractivity contribution in [3.05, 3.63) is 106 Å². The van der Waals surface area contributed by atoms with Crippen LogP contribution in [0.2, 0.25) is 0 Å². The number of thiazole rings is 1. The zero-order valence-corrected chi connectivity index (χ0v) is 27.5. The van der Waals surface area contributed by atoms with Gasteiger partial charge in [-0.05, 0) is 86.1 Å². The van der Waals surface area contributed by atoms with E-state index in [2.05, 4.69) is 68.7 Å². The van der Waals surface area contributed by atoms with Gasteiger partial charge >= 0.3 is 12.4 Å². The number of carbonyl (C=O) groups is 1. The molecule has 47 heavy (non-hydrogen) atoms. The van der Waals surface area contributed by atoms with E-state index in [0.717, 1.165) is 53.8 Å². The molecule has 5 aromatic rings. The molecule has 2 amide bonds. The van der Waals surface area contributed by atoms with Crippen molar-refractivity contribution in [2.45, 2.75) is 59.7 Å². The van der Waals surface area contributed by atoms with E-state index in [1.165, 1.54) is 52.2 Å². The number of benzene rings is 3. The fourth-order valence-corrected chi connectivity index (χ4v) is 6.16. The molecule has 0 aliphatic heterocycles. The van der Waals surface area contributed by atoms with Crippen LogP contribution in [0.5, 0.6) is 5.75 Å². The van der Waals surface area contributed by atoms with E-state index < -0.39 is 6.36 Å². The van der Waals surface area contributed by atoms with Crippen LogP contribution in [0, 0.1) is 19.8 Å². The fourth-order valence-electron chi connectivity index (χ4n) is 5.29. The van der Waals surface area contributed by atoms with Gasteiger partial charge in [-0.1, -0.05) is 56.7 Å². The highest BCUT2D eigenvalue weighted by atomic mass is 32.1. The van der Waals surface area contributed by atoms with Crippen molar-refractivity contribution in [1.82, 2.24) is 24.6 Å². The van der Waals surface area contributed by atoms with Crippen molar-refractivity contribution in [1.29, 1.82) is 0 Å². The molecular weight excluding hydrogens is 625 g/mol. The molecule has 5 rings (SSSR count). The van der Waals surface area contributed by atoms with Gasteiger partial charge in [0.05, 0.1) is 11.4 Å². The number of hydrogen-bond donors (Lipinski definition) is 1. The number of carbonyl (C=O) groups excluding carboxylic acids is 1. The quantitative estimate of drug-likeness (QED) is 0.155. The van der Waals surface area contributed by atoms with E-state index in [0.29, 0.717) is 28.8 Å². The lowest BCUT2D eigenvalue weighted by molar-refractivity contribution is -0.274. The number of urea groups is 1. The molecule has 2 heterocycles. The molecule has 0 saturated carbocycles. The Kier molecular flexibility index (Phi) is 10.6. The topological polar surface area (TPSA) is 86.3 Å². The molecule has 0 spiro atoms. The molecule has 0 fully saturated rings. The SMILES string of the molecule is CCCc1ccc(C)cc1-n1c(C)cs/c1=N\C(=O)NCCC(C)Cc1ccc(-c2ncn(-c3ccc(OC(F)(F)F)cc3)n2)cc1. The van der Waals surface area contributed by atoms with Gasteiger partial charge in [-0.25, -0.2) is 14.5 Å². The number of nitrogens with one attached hydrogen (secondary N) is 1. The van der Waals surface area contributed by atoms with E-state index in [-0.39, 0.29) is 11.8 Å². The van der Waals surface area contributed by atoms with E-state index in [1.807, 2.05) is 36.6 Å². The third-order valence-corrected chi connectivity index (χ3v) is 8.56. The van der Waals surface area contributed by atoms with Crippen LogP contribution in [0.25, 0.3) is 22.8 Å². The predicted molar refractivity (Wildman–Crippen MR) is 177 cm³/mol. The van der Waals surface area contributed by atoms with Gasteiger partial charge in [0.2, 0.25) is 0 Å². The molecule has 0 bridgehead atoms. The molecule has 8 nitrogen and oxygen atoms in total. The zero-order valence-electron chi connectivity index (χ0n) is 26.7. The summed E-state index contributed by atoms with van der Waals surface area (Å²) < 4.78 is 44.8. The number of ether oxygens (including phenoxy) is 1. The van der Waals surface area contributed by atoms with Crippen molar-refractivity contribution in [3.63, 3.8) is 0 Å². The summed E-state index contributed by atoms with van der Waals surface area (Å²) in [6.45, 7) is 8.93. The second kappa shape index (κ2) is 14.8. The highest BCUT2D eigenvalue weighted by Gasteiger charge is 2.31. The first-order chi connectivity index (χ1) is 22.5. The molecule has 1 atom stereocenters. The summed E-state index contributed by atoms with van der Waals surface area (Å²) >= 11 is 1.46. The molecule has 0 aliphatic rings. The van der Waals surface area contributed by atoms with Crippen molar-refractivity contribution in [2.75, 3.05) is 6.54 Å². The molecule has 1 N–H and O–H groups in total. The predicted octanol–water partition coefficient (Wildman–Crippen LogP) is 8.13. The van der Waals surface area contributed by atoms with Crippen molar-refractivity contribution in [2.24, 2.45) is 10.9 Å². The van der Waals surface area contributed by atoms with Crippen LogP contribution in [0.1, 0.15) is 49.1 Å². The van der Waals surface area contributed by atoms with E-state index in [4.69, 9.17) is 0 Å². The van der Waals surface area contributed by atoms with Gasteiger partial charge in [-0.2, -0.15) is 4.99 Å². The molecule has 0 aliphatic carbocycles. The monoisotopic (exact) mass is 662 g/mol. The third kappa shape index (κ3) is 8.97. The first-order valence-electron chi connectivity index (χ1n) is 15.5. The molecule has 2 aromatic heterocycles. The summed E-state index contributed by atoms with van der Waals surface area (Å²) in [4.78, 5) is 22.2. The maximum Gasteiger partial charge on any atom is 0.573 e. The van der Waals surface area contributed by atoms with Crippen molar-refractivity contribution in [3.8, 4) is 28.5 Å². The van der Waals surface area contributed by atoms with E-state index in [9.17, 15) is 18.0 Å². The van der Waals surface area contributed by atoms with Crippen LogP contribution >= 0.6 is 11.3 Å². The Hall–Kier alpha value is -4.71. The van der Waals surface area contributed by atoms with Crippen LogP contribution in [0.4, 0.5) is 18.0 Å². The van der Waals surface area contributed by atoms with Crippen LogP contribution in [0.15, 0.2) is 83.4 Å². The van der Waals surface area contributed by atoms with Gasteiger partial charge in [0.1, 0.15) is 12.1 Å². The van der Waals surface area contributed by atoms with Gasteiger partial charge in [-0.15, -0.1) is 29.6 Å². The average molecular weight is 663 g/mol. The lowest BCUT2D eigenvalue weighted by atomic mass is 9.97. The van der Waals surface area contributed by atoms with E-state index >= 15 is 0 Å². The number of nitrogens with zero attached hydrogens (tertiary/aromatic N) is 5. The number of aromatic nitrogens is 4. The summed E-state index contributed by atoms with van der Waals surface area (Å²) in [5.41, 5.74) is 7.04. The second-order valence-electron chi connectivity index (χ2n) is 11.6. The standard InChI is InChI=1S/C35H37F3N6O2S/c1-5-6-27-10-7-23(2)20-31(27)44-25(4)21-47-34(44)41-33(45)39-18-17-24(3)19-26-8-11-28(12-9-26)32-40-22-43(42-32)29-13-15-30(16-14-29)46-35(36,37)38/h7-16,20-22,24H,5-6,17-19H2,1-4H3,(H,39,45)/b41-34-. The number of halogens is 3. The number of amides is 2. The number of rotatable bonds is 11. The highest BCUT2D eigenvalue weighted by Crippen LogP contribution is 2.25. The van der Waals surface area contributed by atoms with Crippen LogP contribution in [-0.2, 0) is 12.8 Å². The Morgan fingerprint density at radius 3 is 2.51 bits per heavy atom. The number of aryl methyl sites for hydroxylation is 3. The fraction of sp³-hybridized carbons (Fsp3) is 0.314. The summed E-state index contributed by atoms with van der Waals surface area (Å²) in [6, 6.07) is 19.5. The lowest BCUT2D eigenvalue weighted by Crippen LogP contribution is -2.26. The Morgan fingerprint density at radius 1 is 1.06 bits per heavy atom. The van der Waals surface area contributed by atoms with Gasteiger partial charge in [0.25, 0.3) is 0 Å². The van der Waals surface area contributed by atoms with Crippen molar-refractivity contribution >= 4 is 17.4 Å². The Balaban J connectivity index is 1.14. The second-order valence-corrected chi connectivity index (χ2v) is 12.4. The van der Waals surface area contributed by atoms with Gasteiger partial charge in [0, 0.05) is 23.2 Å². The van der Waals surface area contributed by atoms with Gasteiger partial charge in [-0.3, -0.25) is 4.57 Å². The smallest absolute Gasteiger partial charge is 0.406 e. The normalized spacial score (nSPS) is 12.7. The average Bonchev–Trinajstić information content (AvgIpc) is 3.65. The van der Waals surface area contributed by atoms with Crippen LogP contribution in [0.3, 0.4) is 0 Å². The minimum atomic E-state index is -4.74. The number of alkyl halides is 3. The van der Waals surface area contributed by atoms with E-state index in [1.54, 1.807) is 0 Å². The molecule has 3 aromatic carbocycles. The molecule has 0 radical (unpaired) electrons. The minimum Gasteiger partial charge on any atom is -0.406 e. The summed E-state index contributed by atoms with van der Waals surface area (Å²) in [5.74, 6) is 0.517. The Morgan fingerprint density at radius 2 is 1.81 bits per heavy atom. The summed E-state index contributed by atoms with van der Waals surface area (Å²) in [6.07, 6.45) is 0.383. The largest absolute Gasteiger partial charge is 0.573 e. The first kappa shape index (κ1) is 33.6. The summed E-state index contributed by atoms with van der Waals surface area (Å²) in [7, 11) is 0. The molecule has 246 valence electrons. The Bertz CT molecular complexity index is 1880. The zero-order chi connectivity index (χ0) is 33.6.